The van der Waals surface area contributed by atoms with Gasteiger partial charge in [-0.25, -0.2) is 13.4 Å². The van der Waals surface area contributed by atoms with Crippen molar-refractivity contribution < 1.29 is 17.7 Å². The molecule has 2 aromatic rings. The molecule has 0 unspecified atom stereocenters. The maximum Gasteiger partial charge on any atom is 0.273 e. The van der Waals surface area contributed by atoms with Crippen molar-refractivity contribution in [2.45, 2.75) is 55.5 Å². The second kappa shape index (κ2) is 7.46. The molecule has 3 heterocycles. The van der Waals surface area contributed by atoms with Crippen LogP contribution in [0, 0.1) is 0 Å². The van der Waals surface area contributed by atoms with Crippen molar-refractivity contribution in [2.75, 3.05) is 6.54 Å². The number of nitrogens with zero attached hydrogens (tertiary/aromatic N) is 3. The van der Waals surface area contributed by atoms with E-state index in [0.717, 1.165) is 18.6 Å². The molecule has 28 heavy (non-hydrogen) atoms. The Morgan fingerprint density at radius 1 is 1.32 bits per heavy atom. The Morgan fingerprint density at radius 2 is 2.11 bits per heavy atom. The van der Waals surface area contributed by atoms with Gasteiger partial charge in [0.1, 0.15) is 15.8 Å². The third-order valence-electron chi connectivity index (χ3n) is 5.20. The van der Waals surface area contributed by atoms with Gasteiger partial charge in [0.25, 0.3) is 5.91 Å². The molecule has 1 saturated heterocycles. The van der Waals surface area contributed by atoms with E-state index in [1.807, 2.05) is 6.92 Å². The highest BCUT2D eigenvalue weighted by atomic mass is 35.5. The second-order valence-electron chi connectivity index (χ2n) is 7.36. The summed E-state index contributed by atoms with van der Waals surface area (Å²) in [5.41, 5.74) is 0.275. The lowest BCUT2D eigenvalue weighted by atomic mass is 10.0. The van der Waals surface area contributed by atoms with Gasteiger partial charge in [-0.1, -0.05) is 16.8 Å². The molecule has 4 rings (SSSR count). The molecule has 2 atom stereocenters. The molecule has 1 aliphatic carbocycles. The first-order chi connectivity index (χ1) is 13.3. The predicted octanol–water partition coefficient (Wildman–Crippen LogP) is 2.57. The van der Waals surface area contributed by atoms with Crippen LogP contribution >= 0.6 is 11.6 Å². The number of halogens is 1. The molecule has 10 heteroatoms. The van der Waals surface area contributed by atoms with Crippen LogP contribution in [0.4, 0.5) is 0 Å². The lowest BCUT2D eigenvalue weighted by molar-refractivity contribution is 0.0905. The van der Waals surface area contributed by atoms with Crippen LogP contribution in [-0.4, -0.2) is 47.4 Å². The van der Waals surface area contributed by atoms with Crippen LogP contribution in [0.15, 0.2) is 33.8 Å². The number of nitrogens with one attached hydrogen (secondary N) is 1. The van der Waals surface area contributed by atoms with Crippen LogP contribution in [0.25, 0.3) is 0 Å². The van der Waals surface area contributed by atoms with Gasteiger partial charge in [-0.2, -0.15) is 4.31 Å². The lowest BCUT2D eigenvalue weighted by Crippen LogP contribution is -2.50. The fourth-order valence-electron chi connectivity index (χ4n) is 3.50. The SMILES string of the molecule is C[C@@H]1C[C@H](NC(=O)c2cc(C3CC3)on2)CCN1S(=O)(=O)c1ccc(Cl)nc1. The highest BCUT2D eigenvalue weighted by Crippen LogP contribution is 2.40. The maximum absolute atomic E-state index is 12.9. The highest BCUT2D eigenvalue weighted by Gasteiger charge is 2.36. The maximum atomic E-state index is 12.9. The predicted molar refractivity (Wildman–Crippen MR) is 102 cm³/mol. The second-order valence-corrected chi connectivity index (χ2v) is 9.64. The van der Waals surface area contributed by atoms with Gasteiger partial charge in [-0.15, -0.1) is 0 Å². The molecule has 0 spiro atoms. The third-order valence-corrected chi connectivity index (χ3v) is 7.42. The number of hydrogen-bond acceptors (Lipinski definition) is 6. The molecule has 1 N–H and O–H groups in total. The van der Waals surface area contributed by atoms with Crippen molar-refractivity contribution in [1.82, 2.24) is 19.8 Å². The summed E-state index contributed by atoms with van der Waals surface area (Å²) in [7, 11) is -3.66. The van der Waals surface area contributed by atoms with Gasteiger partial charge in [-0.05, 0) is 44.7 Å². The van der Waals surface area contributed by atoms with Crippen LogP contribution in [0.2, 0.25) is 5.15 Å². The third kappa shape index (κ3) is 3.92. The van der Waals surface area contributed by atoms with Crippen LogP contribution < -0.4 is 5.32 Å². The fraction of sp³-hybridized carbons (Fsp3) is 0.500. The lowest BCUT2D eigenvalue weighted by Gasteiger charge is -2.36. The summed E-state index contributed by atoms with van der Waals surface area (Å²) in [6.07, 6.45) is 4.44. The zero-order valence-electron chi connectivity index (χ0n) is 15.3. The van der Waals surface area contributed by atoms with Crippen molar-refractivity contribution >= 4 is 27.5 Å². The zero-order chi connectivity index (χ0) is 19.9. The highest BCUT2D eigenvalue weighted by molar-refractivity contribution is 7.89. The number of hydrogen-bond donors (Lipinski definition) is 1. The van der Waals surface area contributed by atoms with E-state index in [0.29, 0.717) is 25.3 Å². The molecule has 0 radical (unpaired) electrons. The van der Waals surface area contributed by atoms with E-state index in [-0.39, 0.29) is 33.7 Å². The molecule has 2 aromatic heterocycles. The Balaban J connectivity index is 1.39. The molecule has 2 fully saturated rings. The van der Waals surface area contributed by atoms with E-state index >= 15 is 0 Å². The smallest absolute Gasteiger partial charge is 0.273 e. The van der Waals surface area contributed by atoms with Gasteiger partial charge in [0.2, 0.25) is 10.0 Å². The molecular formula is C18H21ClN4O4S. The molecule has 150 valence electrons. The molecule has 8 nitrogen and oxygen atoms in total. The standard InChI is InChI=1S/C18H21ClN4O4S/c1-11-8-13(21-18(24)15-9-16(27-22-15)12-2-3-12)6-7-23(11)28(25,26)14-4-5-17(19)20-10-14/h4-5,9-13H,2-3,6-8H2,1H3,(H,21,24)/t11-,13-/m1/s1. The molecular weight excluding hydrogens is 404 g/mol. The van der Waals surface area contributed by atoms with Gasteiger partial charge in [0, 0.05) is 36.8 Å². The Kier molecular flexibility index (Phi) is 5.15. The Morgan fingerprint density at radius 3 is 2.75 bits per heavy atom. The number of sulfonamides is 1. The van der Waals surface area contributed by atoms with Crippen molar-refractivity contribution in [1.29, 1.82) is 0 Å². The van der Waals surface area contributed by atoms with E-state index in [2.05, 4.69) is 15.5 Å². The topological polar surface area (TPSA) is 105 Å². The number of carbonyl (C=O) groups excluding carboxylic acids is 1. The number of piperidine rings is 1. The summed E-state index contributed by atoms with van der Waals surface area (Å²) in [4.78, 5) is 16.4. The average Bonchev–Trinajstić information content (AvgIpc) is 3.38. The Hall–Kier alpha value is -1.97. The van der Waals surface area contributed by atoms with E-state index in [9.17, 15) is 13.2 Å². The van der Waals surface area contributed by atoms with Crippen LogP contribution in [0.1, 0.15) is 54.8 Å². The summed E-state index contributed by atoms with van der Waals surface area (Å²) < 4.78 is 32.4. The summed E-state index contributed by atoms with van der Waals surface area (Å²) in [6, 6.07) is 4.22. The van der Waals surface area contributed by atoms with E-state index in [1.54, 1.807) is 6.07 Å². The minimum Gasteiger partial charge on any atom is -0.360 e. The fourth-order valence-corrected chi connectivity index (χ4v) is 5.22. The number of amides is 1. The zero-order valence-corrected chi connectivity index (χ0v) is 16.9. The van der Waals surface area contributed by atoms with Crippen LogP contribution in [0.3, 0.4) is 0 Å². The van der Waals surface area contributed by atoms with Crippen molar-refractivity contribution in [3.8, 4) is 0 Å². The van der Waals surface area contributed by atoms with Crippen molar-refractivity contribution in [2.24, 2.45) is 0 Å². The molecule has 0 bridgehead atoms. The summed E-state index contributed by atoms with van der Waals surface area (Å²) >= 11 is 5.74. The molecule has 0 aromatic carbocycles. The first-order valence-electron chi connectivity index (χ1n) is 9.25. The first kappa shape index (κ1) is 19.4. The summed E-state index contributed by atoms with van der Waals surface area (Å²) in [5.74, 6) is 0.868. The van der Waals surface area contributed by atoms with Gasteiger partial charge >= 0.3 is 0 Å². The van der Waals surface area contributed by atoms with Crippen LogP contribution in [-0.2, 0) is 10.0 Å². The monoisotopic (exact) mass is 424 g/mol. The minimum atomic E-state index is -3.66. The summed E-state index contributed by atoms with van der Waals surface area (Å²) in [6.45, 7) is 2.14. The number of rotatable bonds is 5. The normalized spacial score (nSPS) is 23.5. The van der Waals surface area contributed by atoms with Crippen LogP contribution in [0.5, 0.6) is 0 Å². The van der Waals surface area contributed by atoms with Gasteiger partial charge in [0.05, 0.1) is 0 Å². The molecule has 2 aliphatic rings. The van der Waals surface area contributed by atoms with E-state index in [1.165, 1.54) is 22.6 Å². The molecule has 1 saturated carbocycles. The first-order valence-corrected chi connectivity index (χ1v) is 11.1. The quantitative estimate of drug-likeness (QED) is 0.739. The molecule has 1 amide bonds. The average molecular weight is 425 g/mol. The van der Waals surface area contributed by atoms with Crippen molar-refractivity contribution in [3.05, 3.63) is 41.0 Å². The largest absolute Gasteiger partial charge is 0.360 e. The van der Waals surface area contributed by atoms with Gasteiger partial charge in [0.15, 0.2) is 5.69 Å². The number of aromatic nitrogens is 2. The van der Waals surface area contributed by atoms with Gasteiger partial charge < -0.3 is 9.84 Å². The number of carbonyl (C=O) groups is 1. The van der Waals surface area contributed by atoms with E-state index in [4.69, 9.17) is 16.1 Å². The van der Waals surface area contributed by atoms with Gasteiger partial charge in [-0.3, -0.25) is 4.79 Å². The minimum absolute atomic E-state index is 0.112. The summed E-state index contributed by atoms with van der Waals surface area (Å²) in [5, 5.41) is 7.04. The number of pyridine rings is 1. The Bertz CT molecular complexity index is 972. The Labute approximate surface area is 168 Å². The molecule has 1 aliphatic heterocycles. The van der Waals surface area contributed by atoms with Crippen molar-refractivity contribution in [3.63, 3.8) is 0 Å². The van der Waals surface area contributed by atoms with E-state index < -0.39 is 10.0 Å².